The molecule has 1 aromatic heterocycles. The lowest BCUT2D eigenvalue weighted by molar-refractivity contribution is -0.122. The van der Waals surface area contributed by atoms with E-state index in [1.54, 1.807) is 6.20 Å². The number of aromatic nitrogens is 2. The molecule has 25 heavy (non-hydrogen) atoms. The Labute approximate surface area is 150 Å². The lowest BCUT2D eigenvalue weighted by atomic mass is 9.86. The molecule has 1 amide bonds. The molecule has 4 heteroatoms. The van der Waals surface area contributed by atoms with Crippen LogP contribution in [0.4, 0.5) is 0 Å². The van der Waals surface area contributed by atoms with E-state index in [0.717, 1.165) is 23.7 Å². The van der Waals surface area contributed by atoms with Crippen molar-refractivity contribution in [1.29, 1.82) is 0 Å². The maximum absolute atomic E-state index is 12.6. The summed E-state index contributed by atoms with van der Waals surface area (Å²) in [5.74, 6) is 1.72. The number of nitrogens with one attached hydrogen (secondary N) is 1. The number of hydrogen-bond acceptors (Lipinski definition) is 2. The summed E-state index contributed by atoms with van der Waals surface area (Å²) < 4.78 is 1.98. The number of hydrogen-bond donors (Lipinski definition) is 1. The smallest absolute Gasteiger partial charge is 0.220 e. The summed E-state index contributed by atoms with van der Waals surface area (Å²) in [5.41, 5.74) is 2.27. The van der Waals surface area contributed by atoms with Crippen molar-refractivity contribution in [2.24, 2.45) is 13.0 Å². The molecule has 3 rings (SSSR count). The van der Waals surface area contributed by atoms with Gasteiger partial charge in [0, 0.05) is 25.9 Å². The predicted molar refractivity (Wildman–Crippen MR) is 100 cm³/mol. The molecule has 1 N–H and O–H groups in total. The highest BCUT2D eigenvalue weighted by molar-refractivity contribution is 5.76. The van der Waals surface area contributed by atoms with Crippen molar-refractivity contribution in [2.75, 3.05) is 0 Å². The normalized spacial score (nSPS) is 16.6. The largest absolute Gasteiger partial charge is 0.342 e. The first-order valence-electron chi connectivity index (χ1n) is 9.46. The molecule has 0 radical (unpaired) electrons. The third kappa shape index (κ3) is 4.71. The van der Waals surface area contributed by atoms with E-state index >= 15 is 0 Å². The van der Waals surface area contributed by atoms with Crippen LogP contribution >= 0.6 is 0 Å². The van der Waals surface area contributed by atoms with Crippen LogP contribution in [0.1, 0.15) is 67.9 Å². The van der Waals surface area contributed by atoms with E-state index in [9.17, 15) is 4.79 Å². The van der Waals surface area contributed by atoms with Crippen molar-refractivity contribution in [2.45, 2.75) is 57.9 Å². The molecule has 1 heterocycles. The van der Waals surface area contributed by atoms with E-state index in [0.29, 0.717) is 6.42 Å². The number of carbonyl (C=O) groups is 1. The summed E-state index contributed by atoms with van der Waals surface area (Å²) in [6, 6.07) is 8.10. The van der Waals surface area contributed by atoms with E-state index in [1.807, 2.05) is 23.9 Å². The number of nitrogens with zero attached hydrogens (tertiary/aromatic N) is 2. The highest BCUT2D eigenvalue weighted by Crippen LogP contribution is 2.27. The first-order chi connectivity index (χ1) is 12.1. The number of imidazole rings is 1. The van der Waals surface area contributed by atoms with Crippen molar-refractivity contribution in [3.63, 3.8) is 0 Å². The van der Waals surface area contributed by atoms with Gasteiger partial charge in [0.2, 0.25) is 5.91 Å². The Balaban J connectivity index is 1.69. The molecule has 0 bridgehead atoms. The van der Waals surface area contributed by atoms with Gasteiger partial charge in [0.25, 0.3) is 0 Å². The average Bonchev–Trinajstić information content (AvgIpc) is 3.04. The number of rotatable bonds is 6. The number of aryl methyl sites for hydroxylation is 2. The van der Waals surface area contributed by atoms with Gasteiger partial charge >= 0.3 is 0 Å². The quantitative estimate of drug-likeness (QED) is 0.853. The van der Waals surface area contributed by atoms with Crippen LogP contribution in [-0.2, 0) is 11.8 Å². The highest BCUT2D eigenvalue weighted by Gasteiger charge is 2.22. The molecule has 2 aromatic rings. The van der Waals surface area contributed by atoms with E-state index in [1.165, 1.54) is 37.7 Å². The fourth-order valence-electron chi connectivity index (χ4n) is 3.85. The zero-order valence-corrected chi connectivity index (χ0v) is 15.4. The first kappa shape index (κ1) is 17.7. The van der Waals surface area contributed by atoms with Gasteiger partial charge in [-0.1, -0.05) is 61.9 Å². The molecule has 1 aromatic carbocycles. The zero-order valence-electron chi connectivity index (χ0n) is 15.4. The fourth-order valence-corrected chi connectivity index (χ4v) is 3.85. The minimum atomic E-state index is -0.196. The molecular weight excluding hydrogens is 310 g/mol. The van der Waals surface area contributed by atoms with Crippen LogP contribution in [0.25, 0.3) is 0 Å². The molecule has 134 valence electrons. The van der Waals surface area contributed by atoms with E-state index in [2.05, 4.69) is 35.4 Å². The molecule has 1 saturated carbocycles. The number of carbonyl (C=O) groups excluding carboxylic acids is 1. The SMILES string of the molecule is Cc1cccc(C(NC(=O)CCC2CCCCC2)c2nccn2C)c1. The molecule has 0 aliphatic heterocycles. The lowest BCUT2D eigenvalue weighted by Gasteiger charge is -2.23. The van der Waals surface area contributed by atoms with Crippen molar-refractivity contribution < 1.29 is 4.79 Å². The summed E-state index contributed by atoms with van der Waals surface area (Å²) in [5, 5.41) is 3.22. The van der Waals surface area contributed by atoms with Crippen LogP contribution in [0, 0.1) is 12.8 Å². The Morgan fingerprint density at radius 1 is 1.32 bits per heavy atom. The fraction of sp³-hybridized carbons (Fsp3) is 0.524. The molecule has 1 atom stereocenters. The van der Waals surface area contributed by atoms with Crippen molar-refractivity contribution in [3.8, 4) is 0 Å². The Morgan fingerprint density at radius 3 is 2.80 bits per heavy atom. The molecule has 0 spiro atoms. The minimum Gasteiger partial charge on any atom is -0.342 e. The number of benzene rings is 1. The summed E-state index contributed by atoms with van der Waals surface area (Å²) in [6.45, 7) is 2.07. The second kappa shape index (κ2) is 8.32. The van der Waals surface area contributed by atoms with Crippen LogP contribution < -0.4 is 5.32 Å². The van der Waals surface area contributed by atoms with Crippen molar-refractivity contribution in [3.05, 3.63) is 53.6 Å². The van der Waals surface area contributed by atoms with Gasteiger partial charge in [-0.3, -0.25) is 4.79 Å². The molecule has 1 aliphatic carbocycles. The third-order valence-corrected chi connectivity index (χ3v) is 5.30. The Morgan fingerprint density at radius 2 is 2.12 bits per heavy atom. The average molecular weight is 339 g/mol. The van der Waals surface area contributed by atoms with Crippen LogP contribution in [0.2, 0.25) is 0 Å². The van der Waals surface area contributed by atoms with Crippen molar-refractivity contribution in [1.82, 2.24) is 14.9 Å². The van der Waals surface area contributed by atoms with Gasteiger partial charge in [-0.15, -0.1) is 0 Å². The van der Waals surface area contributed by atoms with Crippen molar-refractivity contribution >= 4 is 5.91 Å². The minimum absolute atomic E-state index is 0.125. The van der Waals surface area contributed by atoms with Gasteiger partial charge in [0.15, 0.2) is 0 Å². The summed E-state index contributed by atoms with van der Waals surface area (Å²) >= 11 is 0. The van der Waals surface area contributed by atoms with E-state index in [-0.39, 0.29) is 11.9 Å². The zero-order chi connectivity index (χ0) is 17.6. The molecule has 4 nitrogen and oxygen atoms in total. The van der Waals surface area contributed by atoms with Gasteiger partial charge in [-0.2, -0.15) is 0 Å². The third-order valence-electron chi connectivity index (χ3n) is 5.30. The van der Waals surface area contributed by atoms with Gasteiger partial charge in [0.05, 0.1) is 0 Å². The van der Waals surface area contributed by atoms with Crippen LogP contribution in [-0.4, -0.2) is 15.5 Å². The highest BCUT2D eigenvalue weighted by atomic mass is 16.1. The Hall–Kier alpha value is -2.10. The van der Waals surface area contributed by atoms with Gasteiger partial charge in [-0.05, 0) is 24.8 Å². The second-order valence-corrected chi connectivity index (χ2v) is 7.35. The predicted octanol–water partition coefficient (Wildman–Crippen LogP) is 4.29. The van der Waals surface area contributed by atoms with Gasteiger partial charge in [0.1, 0.15) is 11.9 Å². The Bertz CT molecular complexity index is 701. The summed E-state index contributed by atoms with van der Waals surface area (Å²) in [4.78, 5) is 17.1. The van der Waals surface area contributed by atoms with E-state index < -0.39 is 0 Å². The lowest BCUT2D eigenvalue weighted by Crippen LogP contribution is -2.31. The van der Waals surface area contributed by atoms with Crippen LogP contribution in [0.3, 0.4) is 0 Å². The molecular formula is C21H29N3O. The summed E-state index contributed by atoms with van der Waals surface area (Å²) in [6.07, 6.45) is 11.9. The Kier molecular flexibility index (Phi) is 5.90. The van der Waals surface area contributed by atoms with Gasteiger partial charge < -0.3 is 9.88 Å². The number of amides is 1. The maximum Gasteiger partial charge on any atom is 0.220 e. The van der Waals surface area contributed by atoms with Crippen LogP contribution in [0.15, 0.2) is 36.7 Å². The molecule has 1 fully saturated rings. The second-order valence-electron chi connectivity index (χ2n) is 7.35. The first-order valence-corrected chi connectivity index (χ1v) is 9.46. The van der Waals surface area contributed by atoms with Crippen LogP contribution in [0.5, 0.6) is 0 Å². The van der Waals surface area contributed by atoms with E-state index in [4.69, 9.17) is 0 Å². The summed E-state index contributed by atoms with van der Waals surface area (Å²) in [7, 11) is 1.97. The monoisotopic (exact) mass is 339 g/mol. The molecule has 1 unspecified atom stereocenters. The molecule has 1 aliphatic rings. The molecule has 0 saturated heterocycles. The van der Waals surface area contributed by atoms with Gasteiger partial charge in [-0.25, -0.2) is 4.98 Å². The maximum atomic E-state index is 12.6. The topological polar surface area (TPSA) is 46.9 Å². The standard InChI is InChI=1S/C21H29N3O/c1-16-7-6-10-18(15-16)20(21-22-13-14-24(21)2)23-19(25)12-11-17-8-4-3-5-9-17/h6-7,10,13-15,17,20H,3-5,8-9,11-12H2,1-2H3,(H,23,25).